The fourth-order valence-corrected chi connectivity index (χ4v) is 2.42. The Kier molecular flexibility index (Phi) is 5.85. The summed E-state index contributed by atoms with van der Waals surface area (Å²) in [7, 11) is 0. The Hall–Kier alpha value is -2.49. The van der Waals surface area contributed by atoms with E-state index in [0.29, 0.717) is 0 Å². The molecule has 0 saturated heterocycles. The molecule has 0 unspecified atom stereocenters. The van der Waals surface area contributed by atoms with Crippen LogP contribution in [-0.4, -0.2) is 27.9 Å². The predicted octanol–water partition coefficient (Wildman–Crippen LogP) is 2.63. The summed E-state index contributed by atoms with van der Waals surface area (Å²) >= 11 is 2.14. The van der Waals surface area contributed by atoms with Gasteiger partial charge >= 0.3 is 5.97 Å². The number of amides is 1. The number of carbonyl (C=O) groups is 2. The standard InChI is InChI=1S/C16H13IN2O5/c17-12-6-4-10(5-7-12)8-14(16(21)22)18-15(20)11-2-1-3-13(9-11)19(23)24/h1-7,9,14H,8H2,(H,18,20)(H,21,22)/t14-/m0/s1. The predicted molar refractivity (Wildman–Crippen MR) is 94.8 cm³/mol. The van der Waals surface area contributed by atoms with E-state index in [-0.39, 0.29) is 17.7 Å². The highest BCUT2D eigenvalue weighted by molar-refractivity contribution is 14.1. The maximum atomic E-state index is 12.2. The molecule has 7 nitrogen and oxygen atoms in total. The minimum Gasteiger partial charge on any atom is -0.480 e. The van der Waals surface area contributed by atoms with E-state index in [2.05, 4.69) is 27.9 Å². The summed E-state index contributed by atoms with van der Waals surface area (Å²) in [5.74, 6) is -1.84. The monoisotopic (exact) mass is 440 g/mol. The second kappa shape index (κ2) is 7.86. The van der Waals surface area contributed by atoms with Crippen molar-refractivity contribution in [2.24, 2.45) is 0 Å². The Bertz CT molecular complexity index is 776. The Morgan fingerprint density at radius 1 is 1.21 bits per heavy atom. The van der Waals surface area contributed by atoms with Crippen molar-refractivity contribution in [3.63, 3.8) is 0 Å². The van der Waals surface area contributed by atoms with Crippen LogP contribution in [0.1, 0.15) is 15.9 Å². The second-order valence-electron chi connectivity index (χ2n) is 5.00. The molecule has 0 saturated carbocycles. The lowest BCUT2D eigenvalue weighted by Crippen LogP contribution is -2.42. The zero-order valence-corrected chi connectivity index (χ0v) is 14.5. The number of carboxylic acids is 1. The SMILES string of the molecule is O=C(N[C@@H](Cc1ccc(I)cc1)C(=O)O)c1cccc([N+](=O)[O-])c1. The van der Waals surface area contributed by atoms with Crippen LogP contribution in [0.2, 0.25) is 0 Å². The number of non-ortho nitro benzene ring substituents is 1. The lowest BCUT2D eigenvalue weighted by atomic mass is 10.1. The third kappa shape index (κ3) is 4.75. The number of nitro groups is 1. The number of aliphatic carboxylic acids is 1. The topological polar surface area (TPSA) is 110 Å². The molecule has 0 aliphatic rings. The summed E-state index contributed by atoms with van der Waals surface area (Å²) in [4.78, 5) is 33.7. The summed E-state index contributed by atoms with van der Waals surface area (Å²) in [6, 6.07) is 11.3. The van der Waals surface area contributed by atoms with E-state index >= 15 is 0 Å². The van der Waals surface area contributed by atoms with E-state index in [4.69, 9.17) is 0 Å². The molecule has 0 aliphatic heterocycles. The average molecular weight is 440 g/mol. The maximum absolute atomic E-state index is 12.2. The number of carboxylic acid groups (broad SMARTS) is 1. The van der Waals surface area contributed by atoms with Gasteiger partial charge in [-0.15, -0.1) is 0 Å². The van der Waals surface area contributed by atoms with E-state index in [1.54, 1.807) is 12.1 Å². The number of hydrogen-bond donors (Lipinski definition) is 2. The van der Waals surface area contributed by atoms with E-state index in [1.807, 2.05) is 12.1 Å². The molecule has 124 valence electrons. The minimum atomic E-state index is -1.17. The summed E-state index contributed by atoms with van der Waals surface area (Å²) in [5, 5.41) is 22.5. The van der Waals surface area contributed by atoms with E-state index in [1.165, 1.54) is 18.2 Å². The molecular formula is C16H13IN2O5. The molecule has 0 aromatic heterocycles. The number of nitro benzene ring substituents is 1. The Morgan fingerprint density at radius 2 is 1.88 bits per heavy atom. The molecule has 0 fully saturated rings. The van der Waals surface area contributed by atoms with Crippen LogP contribution in [0.4, 0.5) is 5.69 Å². The number of carbonyl (C=O) groups excluding carboxylic acids is 1. The van der Waals surface area contributed by atoms with Crippen LogP contribution in [0.25, 0.3) is 0 Å². The Labute approximate surface area is 151 Å². The molecule has 0 radical (unpaired) electrons. The van der Waals surface area contributed by atoms with Crippen molar-refractivity contribution < 1.29 is 19.6 Å². The second-order valence-corrected chi connectivity index (χ2v) is 6.25. The summed E-state index contributed by atoms with van der Waals surface area (Å²) < 4.78 is 1.02. The molecule has 0 aliphatic carbocycles. The molecule has 0 heterocycles. The summed E-state index contributed by atoms with van der Waals surface area (Å²) in [5.41, 5.74) is 0.576. The van der Waals surface area contributed by atoms with Gasteiger partial charge in [-0.3, -0.25) is 14.9 Å². The highest BCUT2D eigenvalue weighted by Crippen LogP contribution is 2.14. The van der Waals surface area contributed by atoms with Crippen LogP contribution in [0.5, 0.6) is 0 Å². The summed E-state index contributed by atoms with van der Waals surface area (Å²) in [6.07, 6.45) is 0.118. The largest absolute Gasteiger partial charge is 0.480 e. The van der Waals surface area contributed by atoms with Crippen LogP contribution in [0.15, 0.2) is 48.5 Å². The molecule has 2 aromatic carbocycles. The van der Waals surface area contributed by atoms with Crippen LogP contribution < -0.4 is 5.32 Å². The number of benzene rings is 2. The van der Waals surface area contributed by atoms with Gasteiger partial charge in [0.2, 0.25) is 0 Å². The molecule has 8 heteroatoms. The van der Waals surface area contributed by atoms with Crippen LogP contribution in [0, 0.1) is 13.7 Å². The van der Waals surface area contributed by atoms with E-state index in [0.717, 1.165) is 15.2 Å². The number of nitrogens with zero attached hydrogens (tertiary/aromatic N) is 1. The maximum Gasteiger partial charge on any atom is 0.326 e. The number of rotatable bonds is 6. The van der Waals surface area contributed by atoms with E-state index in [9.17, 15) is 24.8 Å². The van der Waals surface area contributed by atoms with Crippen molar-refractivity contribution in [2.45, 2.75) is 12.5 Å². The fraction of sp³-hybridized carbons (Fsp3) is 0.125. The number of nitrogens with one attached hydrogen (secondary N) is 1. The first kappa shape index (κ1) is 17.9. The van der Waals surface area contributed by atoms with Crippen LogP contribution in [0.3, 0.4) is 0 Å². The Balaban J connectivity index is 2.13. The minimum absolute atomic E-state index is 0.0399. The first-order valence-corrected chi connectivity index (χ1v) is 7.97. The van der Waals surface area contributed by atoms with Crippen molar-refractivity contribution in [3.05, 3.63) is 73.3 Å². The van der Waals surface area contributed by atoms with Gasteiger partial charge in [0.25, 0.3) is 11.6 Å². The van der Waals surface area contributed by atoms with Gasteiger partial charge in [0.05, 0.1) is 4.92 Å². The van der Waals surface area contributed by atoms with Crippen LogP contribution in [-0.2, 0) is 11.2 Å². The van der Waals surface area contributed by atoms with Gasteiger partial charge < -0.3 is 10.4 Å². The normalized spacial score (nSPS) is 11.5. The third-order valence-electron chi connectivity index (χ3n) is 3.28. The van der Waals surface area contributed by atoms with Crippen LogP contribution >= 0.6 is 22.6 Å². The van der Waals surface area contributed by atoms with Crippen molar-refractivity contribution in [1.82, 2.24) is 5.32 Å². The van der Waals surface area contributed by atoms with Gasteiger partial charge in [-0.05, 0) is 46.4 Å². The molecule has 1 atom stereocenters. The van der Waals surface area contributed by atoms with Crippen molar-refractivity contribution in [2.75, 3.05) is 0 Å². The van der Waals surface area contributed by atoms with Gasteiger partial charge in [-0.1, -0.05) is 18.2 Å². The van der Waals surface area contributed by atoms with Crippen molar-refractivity contribution in [1.29, 1.82) is 0 Å². The lowest BCUT2D eigenvalue weighted by molar-refractivity contribution is -0.384. The first-order valence-electron chi connectivity index (χ1n) is 6.89. The van der Waals surface area contributed by atoms with Gasteiger partial charge in [-0.2, -0.15) is 0 Å². The van der Waals surface area contributed by atoms with Crippen molar-refractivity contribution >= 4 is 40.2 Å². The highest BCUT2D eigenvalue weighted by Gasteiger charge is 2.22. The lowest BCUT2D eigenvalue weighted by Gasteiger charge is -2.14. The number of hydrogen-bond acceptors (Lipinski definition) is 4. The third-order valence-corrected chi connectivity index (χ3v) is 3.99. The molecule has 0 spiro atoms. The molecular weight excluding hydrogens is 427 g/mol. The smallest absolute Gasteiger partial charge is 0.326 e. The molecule has 2 N–H and O–H groups in total. The molecule has 0 bridgehead atoms. The van der Waals surface area contributed by atoms with E-state index < -0.39 is 22.8 Å². The van der Waals surface area contributed by atoms with Gasteiger partial charge in [-0.25, -0.2) is 4.79 Å². The zero-order chi connectivity index (χ0) is 17.7. The zero-order valence-electron chi connectivity index (χ0n) is 12.3. The molecule has 2 aromatic rings. The quantitative estimate of drug-likeness (QED) is 0.408. The van der Waals surface area contributed by atoms with Gasteiger partial charge in [0.15, 0.2) is 0 Å². The number of halogens is 1. The summed E-state index contributed by atoms with van der Waals surface area (Å²) in [6.45, 7) is 0. The molecule has 1 amide bonds. The molecule has 2 rings (SSSR count). The highest BCUT2D eigenvalue weighted by atomic mass is 127. The average Bonchev–Trinajstić information content (AvgIpc) is 2.56. The Morgan fingerprint density at radius 3 is 2.46 bits per heavy atom. The van der Waals surface area contributed by atoms with Crippen molar-refractivity contribution in [3.8, 4) is 0 Å². The fourth-order valence-electron chi connectivity index (χ4n) is 2.06. The molecule has 24 heavy (non-hydrogen) atoms. The van der Waals surface area contributed by atoms with Gasteiger partial charge in [0, 0.05) is 27.7 Å². The first-order chi connectivity index (χ1) is 11.4. The van der Waals surface area contributed by atoms with Gasteiger partial charge in [0.1, 0.15) is 6.04 Å².